The summed E-state index contributed by atoms with van der Waals surface area (Å²) in [6, 6.07) is 69.0. The molecule has 0 radical (unpaired) electrons. The molecule has 9 aromatic rings. The second-order valence-corrected chi connectivity index (χ2v) is 13.0. The normalized spacial score (nSPS) is 12.0. The molecule has 3 nitrogen and oxygen atoms in total. The van der Waals surface area contributed by atoms with Crippen molar-refractivity contribution in [2.24, 2.45) is 0 Å². The molecule has 2 heterocycles. The molecule has 10 rings (SSSR count). The van der Waals surface area contributed by atoms with E-state index in [1.54, 1.807) is 0 Å². The van der Waals surface area contributed by atoms with Gasteiger partial charge in [-0.1, -0.05) is 127 Å². The maximum atomic E-state index is 6.60. The van der Waals surface area contributed by atoms with Gasteiger partial charge in [-0.05, 0) is 100 Å². The van der Waals surface area contributed by atoms with E-state index in [2.05, 4.69) is 191 Å². The van der Waals surface area contributed by atoms with Crippen LogP contribution < -0.4 is 9.64 Å². The van der Waals surface area contributed by atoms with Gasteiger partial charge in [0.1, 0.15) is 0 Å². The Bertz CT molecular complexity index is 2690. The zero-order valence-electron chi connectivity index (χ0n) is 27.8. The molecule has 0 atom stereocenters. The Balaban J connectivity index is 1.04. The lowest BCUT2D eigenvalue weighted by molar-refractivity contribution is 0.477. The lowest BCUT2D eigenvalue weighted by atomic mass is 10.0. The number of aromatic nitrogens is 1. The minimum atomic E-state index is 0.833. The van der Waals surface area contributed by atoms with Crippen LogP contribution in [0.2, 0.25) is 0 Å². The van der Waals surface area contributed by atoms with Crippen LogP contribution >= 0.6 is 0 Å². The van der Waals surface area contributed by atoms with E-state index in [1.807, 2.05) is 12.1 Å². The quantitative estimate of drug-likeness (QED) is 0.184. The number of hydrogen-bond donors (Lipinski definition) is 0. The molecule has 0 saturated heterocycles. The van der Waals surface area contributed by atoms with Crippen LogP contribution in [0.5, 0.6) is 11.5 Å². The predicted molar refractivity (Wildman–Crippen MR) is 212 cm³/mol. The van der Waals surface area contributed by atoms with Crippen LogP contribution in [0.15, 0.2) is 194 Å². The number of para-hydroxylation sites is 3. The monoisotopic (exact) mass is 652 g/mol. The molecular formula is C48H32N2O. The molecule has 3 heteroatoms. The third kappa shape index (κ3) is 4.98. The van der Waals surface area contributed by atoms with Gasteiger partial charge < -0.3 is 14.2 Å². The van der Waals surface area contributed by atoms with E-state index in [1.165, 1.54) is 44.1 Å². The molecule has 1 aromatic heterocycles. The SMILES string of the molecule is c1ccc(-c2ccc(N3c4ccccc4Oc4cc(-c5ccc6c(c5)c5ccccc5n6-c5ccc(-c6ccccc6)cc5)ccc43)cc2)cc1. The maximum Gasteiger partial charge on any atom is 0.152 e. The molecule has 240 valence electrons. The van der Waals surface area contributed by atoms with E-state index in [9.17, 15) is 0 Å². The second-order valence-electron chi connectivity index (χ2n) is 13.0. The van der Waals surface area contributed by atoms with Gasteiger partial charge in [-0.2, -0.15) is 0 Å². The Labute approximate surface area is 296 Å². The fraction of sp³-hybridized carbons (Fsp3) is 0. The maximum absolute atomic E-state index is 6.60. The molecule has 0 spiro atoms. The summed E-state index contributed by atoms with van der Waals surface area (Å²) in [4.78, 5) is 2.30. The van der Waals surface area contributed by atoms with Crippen LogP contribution in [0.1, 0.15) is 0 Å². The first-order chi connectivity index (χ1) is 25.3. The van der Waals surface area contributed by atoms with Crippen molar-refractivity contribution >= 4 is 38.9 Å². The van der Waals surface area contributed by atoms with Crippen molar-refractivity contribution in [3.63, 3.8) is 0 Å². The molecule has 51 heavy (non-hydrogen) atoms. The lowest BCUT2D eigenvalue weighted by Crippen LogP contribution is -2.15. The first-order valence-corrected chi connectivity index (χ1v) is 17.3. The van der Waals surface area contributed by atoms with Gasteiger partial charge in [0, 0.05) is 22.1 Å². The van der Waals surface area contributed by atoms with Crippen LogP contribution in [0, 0.1) is 0 Å². The van der Waals surface area contributed by atoms with Gasteiger partial charge in [0.05, 0.1) is 22.4 Å². The van der Waals surface area contributed by atoms with Crippen molar-refractivity contribution in [3.05, 3.63) is 194 Å². The van der Waals surface area contributed by atoms with Gasteiger partial charge in [-0.15, -0.1) is 0 Å². The van der Waals surface area contributed by atoms with Gasteiger partial charge in [0.15, 0.2) is 11.5 Å². The zero-order valence-corrected chi connectivity index (χ0v) is 27.8. The van der Waals surface area contributed by atoms with Crippen LogP contribution in [0.4, 0.5) is 17.1 Å². The second kappa shape index (κ2) is 11.9. The highest BCUT2D eigenvalue weighted by Gasteiger charge is 2.26. The minimum absolute atomic E-state index is 0.833. The van der Waals surface area contributed by atoms with Crippen molar-refractivity contribution in [3.8, 4) is 50.6 Å². The molecule has 1 aliphatic heterocycles. The molecule has 0 amide bonds. The standard InChI is InChI=1S/C48H32N2O/c1-3-11-33(12-4-1)35-19-25-39(26-20-35)49-43-16-8-7-15-41(43)42-31-37(23-29-44(42)49)38-24-30-46-48(32-38)51-47-18-10-9-17-45(47)50(46)40-27-21-36(22-28-40)34-13-5-2-6-14-34/h1-32H. The Morgan fingerprint density at radius 1 is 0.314 bits per heavy atom. The highest BCUT2D eigenvalue weighted by molar-refractivity contribution is 6.10. The summed E-state index contributed by atoms with van der Waals surface area (Å²) in [7, 11) is 0. The largest absolute Gasteiger partial charge is 0.453 e. The smallest absolute Gasteiger partial charge is 0.152 e. The van der Waals surface area contributed by atoms with Crippen molar-refractivity contribution in [2.75, 3.05) is 4.90 Å². The summed E-state index contributed by atoms with van der Waals surface area (Å²) in [5.74, 6) is 1.67. The van der Waals surface area contributed by atoms with Crippen molar-refractivity contribution in [1.29, 1.82) is 0 Å². The van der Waals surface area contributed by atoms with E-state index in [0.29, 0.717) is 0 Å². The highest BCUT2D eigenvalue weighted by Crippen LogP contribution is 2.51. The predicted octanol–water partition coefficient (Wildman–Crippen LogP) is 13.4. The topological polar surface area (TPSA) is 17.4 Å². The van der Waals surface area contributed by atoms with Gasteiger partial charge in [-0.25, -0.2) is 0 Å². The van der Waals surface area contributed by atoms with Gasteiger partial charge >= 0.3 is 0 Å². The van der Waals surface area contributed by atoms with E-state index >= 15 is 0 Å². The van der Waals surface area contributed by atoms with Crippen molar-refractivity contribution < 1.29 is 4.74 Å². The fourth-order valence-corrected chi connectivity index (χ4v) is 7.51. The summed E-state index contributed by atoms with van der Waals surface area (Å²) in [5.41, 5.74) is 13.7. The van der Waals surface area contributed by atoms with Crippen LogP contribution in [-0.4, -0.2) is 4.57 Å². The van der Waals surface area contributed by atoms with Crippen molar-refractivity contribution in [2.45, 2.75) is 0 Å². The first kappa shape index (κ1) is 29.1. The van der Waals surface area contributed by atoms with E-state index in [-0.39, 0.29) is 0 Å². The molecular weight excluding hydrogens is 621 g/mol. The number of fused-ring (bicyclic) bond motifs is 5. The summed E-state index contributed by atoms with van der Waals surface area (Å²) in [5, 5.41) is 2.45. The summed E-state index contributed by atoms with van der Waals surface area (Å²) >= 11 is 0. The minimum Gasteiger partial charge on any atom is -0.453 e. The molecule has 8 aromatic carbocycles. The summed E-state index contributed by atoms with van der Waals surface area (Å²) in [6.45, 7) is 0. The number of nitrogens with zero attached hydrogens (tertiary/aromatic N) is 2. The Morgan fingerprint density at radius 2 is 0.824 bits per heavy atom. The lowest BCUT2D eigenvalue weighted by Gasteiger charge is -2.33. The molecule has 0 N–H and O–H groups in total. The Morgan fingerprint density at radius 3 is 1.55 bits per heavy atom. The fourth-order valence-electron chi connectivity index (χ4n) is 7.51. The third-order valence-corrected chi connectivity index (χ3v) is 10.00. The number of anilines is 3. The van der Waals surface area contributed by atoms with Gasteiger partial charge in [0.2, 0.25) is 0 Å². The molecule has 0 fully saturated rings. The molecule has 0 saturated carbocycles. The number of benzene rings is 8. The zero-order chi connectivity index (χ0) is 33.7. The first-order valence-electron chi connectivity index (χ1n) is 17.3. The van der Waals surface area contributed by atoms with E-state index < -0.39 is 0 Å². The van der Waals surface area contributed by atoms with Crippen molar-refractivity contribution in [1.82, 2.24) is 4.57 Å². The number of rotatable bonds is 5. The van der Waals surface area contributed by atoms with Crippen LogP contribution in [0.25, 0.3) is 60.9 Å². The summed E-state index contributed by atoms with van der Waals surface area (Å²) < 4.78 is 8.97. The highest BCUT2D eigenvalue weighted by atomic mass is 16.5. The van der Waals surface area contributed by atoms with Crippen LogP contribution in [-0.2, 0) is 0 Å². The van der Waals surface area contributed by atoms with Gasteiger partial charge in [-0.3, -0.25) is 0 Å². The van der Waals surface area contributed by atoms with Crippen LogP contribution in [0.3, 0.4) is 0 Å². The average Bonchev–Trinajstić information content (AvgIpc) is 3.54. The van der Waals surface area contributed by atoms with E-state index in [4.69, 9.17) is 4.74 Å². The average molecular weight is 653 g/mol. The van der Waals surface area contributed by atoms with E-state index in [0.717, 1.165) is 45.4 Å². The molecule has 1 aliphatic rings. The Kier molecular flexibility index (Phi) is 6.81. The molecule has 0 aliphatic carbocycles. The molecule has 0 bridgehead atoms. The number of hydrogen-bond acceptors (Lipinski definition) is 2. The molecule has 0 unspecified atom stereocenters. The van der Waals surface area contributed by atoms with Gasteiger partial charge in [0.25, 0.3) is 0 Å². The Hall–Kier alpha value is -6.84. The number of ether oxygens (including phenoxy) is 1. The third-order valence-electron chi connectivity index (χ3n) is 10.00. The summed E-state index contributed by atoms with van der Waals surface area (Å²) in [6.07, 6.45) is 0.